The summed E-state index contributed by atoms with van der Waals surface area (Å²) < 4.78 is 15.3. The van der Waals surface area contributed by atoms with E-state index in [0.29, 0.717) is 24.6 Å². The number of carbonyl (C=O) groups excluding carboxylic acids is 1. The molecule has 0 spiro atoms. The molecule has 0 atom stereocenters. The maximum atomic E-state index is 13.4. The first-order valence-corrected chi connectivity index (χ1v) is 9.86. The maximum Gasteiger partial charge on any atom is 0.247 e. The van der Waals surface area contributed by atoms with Crippen molar-refractivity contribution in [2.24, 2.45) is 5.41 Å². The third-order valence-corrected chi connectivity index (χ3v) is 5.64. The standard InChI is InChI=1S/C21H21ClFN5O/c1-21(2,13-22)20(29)28-12-11-27-19(26-28)17(14-7-9-24-10-8-14)18(25-27)15-3-5-16(23)6-4-15/h3-10,26H,11-13H2,1-2H3. The number of nitrogens with one attached hydrogen (secondary N) is 1. The van der Waals surface area contributed by atoms with Crippen LogP contribution in [-0.4, -0.2) is 38.1 Å². The van der Waals surface area contributed by atoms with Gasteiger partial charge in [-0.25, -0.2) is 9.07 Å². The summed E-state index contributed by atoms with van der Waals surface area (Å²) in [6.07, 6.45) is 3.41. The van der Waals surface area contributed by atoms with Crippen molar-refractivity contribution >= 4 is 23.3 Å². The van der Waals surface area contributed by atoms with E-state index in [-0.39, 0.29) is 17.6 Å². The summed E-state index contributed by atoms with van der Waals surface area (Å²) >= 11 is 6.00. The van der Waals surface area contributed by atoms with E-state index >= 15 is 0 Å². The number of carbonyl (C=O) groups is 1. The Morgan fingerprint density at radius 1 is 1.14 bits per heavy atom. The van der Waals surface area contributed by atoms with E-state index in [4.69, 9.17) is 16.7 Å². The molecule has 3 heterocycles. The molecule has 1 aliphatic rings. The van der Waals surface area contributed by atoms with Crippen LogP contribution < -0.4 is 5.43 Å². The predicted octanol–water partition coefficient (Wildman–Crippen LogP) is 4.19. The van der Waals surface area contributed by atoms with Crippen LogP contribution >= 0.6 is 11.6 Å². The van der Waals surface area contributed by atoms with E-state index in [0.717, 1.165) is 16.7 Å². The minimum Gasteiger partial charge on any atom is -0.279 e. The number of benzene rings is 1. The summed E-state index contributed by atoms with van der Waals surface area (Å²) in [7, 11) is 0. The van der Waals surface area contributed by atoms with Gasteiger partial charge in [0.1, 0.15) is 11.5 Å². The van der Waals surface area contributed by atoms with Gasteiger partial charge in [0.25, 0.3) is 0 Å². The summed E-state index contributed by atoms with van der Waals surface area (Å²) in [5, 5.41) is 6.35. The van der Waals surface area contributed by atoms with Crippen LogP contribution in [0.15, 0.2) is 48.8 Å². The lowest BCUT2D eigenvalue weighted by Gasteiger charge is -2.34. The van der Waals surface area contributed by atoms with Gasteiger partial charge in [0.15, 0.2) is 5.82 Å². The van der Waals surface area contributed by atoms with E-state index in [9.17, 15) is 9.18 Å². The van der Waals surface area contributed by atoms with Gasteiger partial charge in [0, 0.05) is 23.8 Å². The number of aromatic nitrogens is 3. The number of anilines is 1. The van der Waals surface area contributed by atoms with Crippen LogP contribution in [0.4, 0.5) is 10.2 Å². The van der Waals surface area contributed by atoms with Gasteiger partial charge in [0.05, 0.1) is 24.1 Å². The molecule has 8 heteroatoms. The van der Waals surface area contributed by atoms with Crippen LogP contribution in [0, 0.1) is 11.2 Å². The lowest BCUT2D eigenvalue weighted by molar-refractivity contribution is -0.138. The van der Waals surface area contributed by atoms with E-state index in [1.807, 2.05) is 30.7 Å². The molecule has 3 aromatic rings. The molecule has 0 saturated heterocycles. The first kappa shape index (κ1) is 19.4. The molecule has 150 valence electrons. The zero-order valence-electron chi connectivity index (χ0n) is 16.2. The summed E-state index contributed by atoms with van der Waals surface area (Å²) in [5.41, 5.74) is 5.79. The number of amides is 1. The van der Waals surface area contributed by atoms with Crippen LogP contribution in [0.1, 0.15) is 13.8 Å². The zero-order valence-corrected chi connectivity index (χ0v) is 16.9. The molecule has 29 heavy (non-hydrogen) atoms. The van der Waals surface area contributed by atoms with Gasteiger partial charge in [-0.15, -0.1) is 11.6 Å². The fraction of sp³-hybridized carbons (Fsp3) is 0.286. The Labute approximate surface area is 173 Å². The number of hydrogen-bond donors (Lipinski definition) is 1. The highest BCUT2D eigenvalue weighted by atomic mass is 35.5. The number of pyridine rings is 1. The molecule has 0 fully saturated rings. The normalized spacial score (nSPS) is 13.7. The van der Waals surface area contributed by atoms with Crippen molar-refractivity contribution in [1.82, 2.24) is 19.8 Å². The fourth-order valence-corrected chi connectivity index (χ4v) is 3.41. The van der Waals surface area contributed by atoms with E-state index < -0.39 is 5.41 Å². The molecule has 2 aromatic heterocycles. The zero-order chi connectivity index (χ0) is 20.6. The average Bonchev–Trinajstić information content (AvgIpc) is 3.13. The van der Waals surface area contributed by atoms with Crippen molar-refractivity contribution in [3.63, 3.8) is 0 Å². The monoisotopic (exact) mass is 413 g/mol. The smallest absolute Gasteiger partial charge is 0.247 e. The van der Waals surface area contributed by atoms with E-state index in [1.54, 1.807) is 29.5 Å². The van der Waals surface area contributed by atoms with Crippen molar-refractivity contribution in [1.29, 1.82) is 0 Å². The third kappa shape index (κ3) is 3.58. The number of alkyl halides is 1. The number of hydrazine groups is 1. The summed E-state index contributed by atoms with van der Waals surface area (Å²) in [5.74, 6) is 0.548. The molecule has 1 amide bonds. The Bertz CT molecular complexity index is 1030. The first-order chi connectivity index (χ1) is 13.9. The quantitative estimate of drug-likeness (QED) is 0.651. The molecule has 0 saturated carbocycles. The molecule has 1 aromatic carbocycles. The van der Waals surface area contributed by atoms with E-state index in [2.05, 4.69) is 10.4 Å². The van der Waals surface area contributed by atoms with E-state index in [1.165, 1.54) is 12.1 Å². The second-order valence-corrected chi connectivity index (χ2v) is 7.89. The molecule has 0 bridgehead atoms. The van der Waals surface area contributed by atoms with Gasteiger partial charge in [0.2, 0.25) is 5.91 Å². The SMILES string of the molecule is CC(C)(CCl)C(=O)N1CCn2nc(-c3ccc(F)cc3)c(-c3ccncc3)c2N1. The van der Waals surface area contributed by atoms with Gasteiger partial charge < -0.3 is 0 Å². The van der Waals surface area contributed by atoms with Crippen molar-refractivity contribution in [3.05, 3.63) is 54.6 Å². The molecule has 0 unspecified atom stereocenters. The molecule has 4 rings (SSSR count). The summed E-state index contributed by atoms with van der Waals surface area (Å²) in [6, 6.07) is 10.0. The molecule has 6 nitrogen and oxygen atoms in total. The molecule has 0 aliphatic carbocycles. The van der Waals surface area contributed by atoms with Gasteiger partial charge in [-0.2, -0.15) is 5.10 Å². The fourth-order valence-electron chi connectivity index (χ4n) is 3.29. The number of rotatable bonds is 4. The van der Waals surface area contributed by atoms with Crippen molar-refractivity contribution in [3.8, 4) is 22.4 Å². The molecule has 0 radical (unpaired) electrons. The van der Waals surface area contributed by atoms with Gasteiger partial charge in [-0.05, 0) is 55.8 Å². The highest BCUT2D eigenvalue weighted by Crippen LogP contribution is 2.39. The van der Waals surface area contributed by atoms with Crippen LogP contribution in [0.3, 0.4) is 0 Å². The summed E-state index contributed by atoms with van der Waals surface area (Å²) in [6.45, 7) is 4.64. The Hall–Kier alpha value is -2.93. The van der Waals surface area contributed by atoms with Crippen molar-refractivity contribution in [2.75, 3.05) is 17.9 Å². The molecular weight excluding hydrogens is 393 g/mol. The number of hydrogen-bond acceptors (Lipinski definition) is 4. The van der Waals surface area contributed by atoms with Crippen LogP contribution in [0.5, 0.6) is 0 Å². The Morgan fingerprint density at radius 2 is 1.83 bits per heavy atom. The largest absolute Gasteiger partial charge is 0.279 e. The molecular formula is C21H21ClFN5O. The average molecular weight is 414 g/mol. The van der Waals surface area contributed by atoms with Crippen LogP contribution in [0.25, 0.3) is 22.4 Å². The van der Waals surface area contributed by atoms with Crippen molar-refractivity contribution in [2.45, 2.75) is 20.4 Å². The maximum absolute atomic E-state index is 13.4. The van der Waals surface area contributed by atoms with Gasteiger partial charge in [-0.3, -0.25) is 20.2 Å². The first-order valence-electron chi connectivity index (χ1n) is 9.32. The van der Waals surface area contributed by atoms with Crippen LogP contribution in [-0.2, 0) is 11.3 Å². The Balaban J connectivity index is 1.81. The second-order valence-electron chi connectivity index (χ2n) is 7.62. The number of nitrogens with zero attached hydrogens (tertiary/aromatic N) is 4. The highest BCUT2D eigenvalue weighted by molar-refractivity contribution is 6.19. The van der Waals surface area contributed by atoms with Crippen molar-refractivity contribution < 1.29 is 9.18 Å². The lowest BCUT2D eigenvalue weighted by atomic mass is 9.95. The molecule has 1 aliphatic heterocycles. The predicted molar refractivity (Wildman–Crippen MR) is 111 cm³/mol. The third-order valence-electron chi connectivity index (χ3n) is 4.97. The number of fused-ring (bicyclic) bond motifs is 1. The molecule has 1 N–H and O–H groups in total. The van der Waals surface area contributed by atoms with Gasteiger partial charge in [-0.1, -0.05) is 0 Å². The highest BCUT2D eigenvalue weighted by Gasteiger charge is 2.35. The minimum atomic E-state index is -0.687. The topological polar surface area (TPSA) is 63.1 Å². The number of halogens is 2. The van der Waals surface area contributed by atoms with Gasteiger partial charge >= 0.3 is 0 Å². The lowest BCUT2D eigenvalue weighted by Crippen LogP contribution is -2.49. The second kappa shape index (κ2) is 7.48. The summed E-state index contributed by atoms with van der Waals surface area (Å²) in [4.78, 5) is 17.0. The van der Waals surface area contributed by atoms with Crippen LogP contribution in [0.2, 0.25) is 0 Å². The Kier molecular flexibility index (Phi) is 5.00. The Morgan fingerprint density at radius 3 is 2.48 bits per heavy atom. The minimum absolute atomic E-state index is 0.0797.